The minimum absolute atomic E-state index is 0.266. The number of hydrogen-bond acceptors (Lipinski definition) is 4. The average Bonchev–Trinajstić information content (AvgIpc) is 2.81. The first-order valence-electron chi connectivity index (χ1n) is 6.68. The largest absolute Gasteiger partial charge is 0.506 e. The third kappa shape index (κ3) is 3.21. The first-order valence-corrected chi connectivity index (χ1v) is 6.68. The molecule has 1 saturated heterocycles. The van der Waals surface area contributed by atoms with E-state index in [2.05, 4.69) is 17.2 Å². The van der Waals surface area contributed by atoms with Gasteiger partial charge in [0.15, 0.2) is 0 Å². The Kier molecular flexibility index (Phi) is 4.55. The van der Waals surface area contributed by atoms with Gasteiger partial charge >= 0.3 is 0 Å². The highest BCUT2D eigenvalue weighted by Gasteiger charge is 2.26. The summed E-state index contributed by atoms with van der Waals surface area (Å²) in [5.41, 5.74) is 1.65. The number of pyridine rings is 1. The number of nitrogens with zero attached hydrogens (tertiary/aromatic N) is 1. The second-order valence-corrected chi connectivity index (χ2v) is 4.92. The van der Waals surface area contributed by atoms with Crippen LogP contribution in [-0.2, 0) is 11.3 Å². The molecule has 18 heavy (non-hydrogen) atoms. The van der Waals surface area contributed by atoms with Crippen LogP contribution in [0.4, 0.5) is 0 Å². The van der Waals surface area contributed by atoms with Crippen LogP contribution in [0.3, 0.4) is 0 Å². The van der Waals surface area contributed by atoms with Crippen molar-refractivity contribution < 1.29 is 9.84 Å². The monoisotopic (exact) mass is 250 g/mol. The summed E-state index contributed by atoms with van der Waals surface area (Å²) in [6.07, 6.45) is 2.58. The molecule has 1 aliphatic rings. The van der Waals surface area contributed by atoms with Gasteiger partial charge in [-0.25, -0.2) is 0 Å². The Bertz CT molecular complexity index is 395. The van der Waals surface area contributed by atoms with Crippen LogP contribution in [0, 0.1) is 12.8 Å². The normalized spacial score (nSPS) is 23.4. The molecule has 0 spiro atoms. The van der Waals surface area contributed by atoms with Gasteiger partial charge in [0.1, 0.15) is 5.75 Å². The van der Waals surface area contributed by atoms with Crippen LogP contribution in [0.2, 0.25) is 0 Å². The van der Waals surface area contributed by atoms with Gasteiger partial charge in [-0.15, -0.1) is 0 Å². The van der Waals surface area contributed by atoms with E-state index in [0.29, 0.717) is 18.6 Å². The number of aromatic hydroxyl groups is 1. The lowest BCUT2D eigenvalue weighted by Crippen LogP contribution is -2.28. The van der Waals surface area contributed by atoms with Crippen molar-refractivity contribution in [3.8, 4) is 5.75 Å². The maximum atomic E-state index is 9.70. The number of ether oxygens (including phenoxy) is 1. The van der Waals surface area contributed by atoms with E-state index >= 15 is 0 Å². The van der Waals surface area contributed by atoms with Crippen LogP contribution in [0.1, 0.15) is 31.2 Å². The number of hydrogen-bond donors (Lipinski definition) is 2. The lowest BCUT2D eigenvalue weighted by molar-refractivity contribution is 0.0872. The van der Waals surface area contributed by atoms with E-state index < -0.39 is 0 Å². The SMILES string of the molecule is CCC1OCCC1CNCc1nc(C)ccc1O. The Labute approximate surface area is 108 Å². The maximum absolute atomic E-state index is 9.70. The molecule has 2 atom stereocenters. The summed E-state index contributed by atoms with van der Waals surface area (Å²) in [6, 6.07) is 3.52. The third-order valence-electron chi connectivity index (χ3n) is 3.54. The second kappa shape index (κ2) is 6.16. The number of rotatable bonds is 5. The van der Waals surface area contributed by atoms with Crippen molar-refractivity contribution in [1.29, 1.82) is 0 Å². The maximum Gasteiger partial charge on any atom is 0.138 e. The van der Waals surface area contributed by atoms with Crippen LogP contribution in [0.15, 0.2) is 12.1 Å². The minimum Gasteiger partial charge on any atom is -0.506 e. The summed E-state index contributed by atoms with van der Waals surface area (Å²) in [7, 11) is 0. The average molecular weight is 250 g/mol. The Hall–Kier alpha value is -1.13. The van der Waals surface area contributed by atoms with Crippen LogP contribution >= 0.6 is 0 Å². The molecule has 0 radical (unpaired) electrons. The van der Waals surface area contributed by atoms with Gasteiger partial charge in [0.05, 0.1) is 11.8 Å². The predicted octanol–water partition coefficient (Wildman–Crippen LogP) is 2.00. The molecule has 1 aromatic rings. The quantitative estimate of drug-likeness (QED) is 0.839. The zero-order chi connectivity index (χ0) is 13.0. The smallest absolute Gasteiger partial charge is 0.138 e. The molecule has 0 aliphatic carbocycles. The third-order valence-corrected chi connectivity index (χ3v) is 3.54. The fraction of sp³-hybridized carbons (Fsp3) is 0.643. The molecule has 0 saturated carbocycles. The van der Waals surface area contributed by atoms with E-state index in [1.165, 1.54) is 0 Å². The van der Waals surface area contributed by atoms with E-state index in [1.54, 1.807) is 6.07 Å². The van der Waals surface area contributed by atoms with Gasteiger partial charge < -0.3 is 15.2 Å². The van der Waals surface area contributed by atoms with Crippen molar-refractivity contribution in [2.45, 2.75) is 39.3 Å². The highest BCUT2D eigenvalue weighted by atomic mass is 16.5. The van der Waals surface area contributed by atoms with Crippen molar-refractivity contribution in [2.24, 2.45) is 5.92 Å². The molecule has 1 aliphatic heterocycles. The molecule has 0 amide bonds. The molecule has 1 fully saturated rings. The molecule has 4 heteroatoms. The predicted molar refractivity (Wildman–Crippen MR) is 70.5 cm³/mol. The molecule has 0 bridgehead atoms. The minimum atomic E-state index is 0.266. The van der Waals surface area contributed by atoms with Gasteiger partial charge in [-0.2, -0.15) is 0 Å². The summed E-state index contributed by atoms with van der Waals surface area (Å²) in [4.78, 5) is 4.33. The highest BCUT2D eigenvalue weighted by molar-refractivity contribution is 5.27. The van der Waals surface area contributed by atoms with Gasteiger partial charge in [-0.3, -0.25) is 4.98 Å². The molecular formula is C14H22N2O2. The summed E-state index contributed by atoms with van der Waals surface area (Å²) in [5.74, 6) is 0.852. The van der Waals surface area contributed by atoms with Gasteiger partial charge in [0, 0.05) is 25.4 Å². The van der Waals surface area contributed by atoms with Crippen molar-refractivity contribution in [3.05, 3.63) is 23.5 Å². The molecular weight excluding hydrogens is 228 g/mol. The Morgan fingerprint density at radius 1 is 1.50 bits per heavy atom. The zero-order valence-electron chi connectivity index (χ0n) is 11.1. The molecule has 4 nitrogen and oxygen atoms in total. The standard InChI is InChI=1S/C14H22N2O2/c1-3-14-11(6-7-18-14)8-15-9-12-13(17)5-4-10(2)16-12/h4-5,11,14-15,17H,3,6-9H2,1-2H3. The van der Waals surface area contributed by atoms with Crippen molar-refractivity contribution in [2.75, 3.05) is 13.2 Å². The number of aryl methyl sites for hydroxylation is 1. The lowest BCUT2D eigenvalue weighted by atomic mass is 10.00. The van der Waals surface area contributed by atoms with E-state index in [9.17, 15) is 5.11 Å². The first kappa shape index (κ1) is 13.3. The molecule has 100 valence electrons. The Morgan fingerprint density at radius 2 is 2.33 bits per heavy atom. The summed E-state index contributed by atoms with van der Waals surface area (Å²) >= 11 is 0. The van der Waals surface area contributed by atoms with E-state index in [4.69, 9.17) is 4.74 Å². The molecule has 0 aromatic carbocycles. The molecule has 2 N–H and O–H groups in total. The number of nitrogens with one attached hydrogen (secondary N) is 1. The van der Waals surface area contributed by atoms with Gasteiger partial charge in [-0.1, -0.05) is 6.92 Å². The van der Waals surface area contributed by atoms with Crippen molar-refractivity contribution in [1.82, 2.24) is 10.3 Å². The highest BCUT2D eigenvalue weighted by Crippen LogP contribution is 2.22. The van der Waals surface area contributed by atoms with Gasteiger partial charge in [-0.05, 0) is 37.8 Å². The first-order chi connectivity index (χ1) is 8.70. The number of aromatic nitrogens is 1. The molecule has 2 unspecified atom stereocenters. The molecule has 2 heterocycles. The fourth-order valence-electron chi connectivity index (χ4n) is 2.49. The van der Waals surface area contributed by atoms with Crippen molar-refractivity contribution >= 4 is 0 Å². The Morgan fingerprint density at radius 3 is 3.11 bits per heavy atom. The van der Waals surface area contributed by atoms with Crippen LogP contribution in [-0.4, -0.2) is 29.3 Å². The van der Waals surface area contributed by atoms with Gasteiger partial charge in [0.25, 0.3) is 0 Å². The zero-order valence-corrected chi connectivity index (χ0v) is 11.1. The summed E-state index contributed by atoms with van der Waals surface area (Å²) < 4.78 is 5.66. The van der Waals surface area contributed by atoms with Crippen LogP contribution in [0.5, 0.6) is 5.75 Å². The summed E-state index contributed by atoms with van der Waals surface area (Å²) in [6.45, 7) is 6.50. The second-order valence-electron chi connectivity index (χ2n) is 4.92. The Balaban J connectivity index is 1.83. The van der Waals surface area contributed by atoms with Crippen LogP contribution in [0.25, 0.3) is 0 Å². The molecule has 2 rings (SSSR count). The van der Waals surface area contributed by atoms with Crippen molar-refractivity contribution in [3.63, 3.8) is 0 Å². The fourth-order valence-corrected chi connectivity index (χ4v) is 2.49. The lowest BCUT2D eigenvalue weighted by Gasteiger charge is -2.17. The van der Waals surface area contributed by atoms with E-state index in [-0.39, 0.29) is 5.75 Å². The van der Waals surface area contributed by atoms with Gasteiger partial charge in [0.2, 0.25) is 0 Å². The van der Waals surface area contributed by atoms with Crippen LogP contribution < -0.4 is 5.32 Å². The molecule has 1 aromatic heterocycles. The topological polar surface area (TPSA) is 54.4 Å². The van der Waals surface area contributed by atoms with E-state index in [1.807, 2.05) is 13.0 Å². The summed E-state index contributed by atoms with van der Waals surface area (Å²) in [5, 5.41) is 13.1. The van der Waals surface area contributed by atoms with E-state index in [0.717, 1.165) is 37.4 Å².